The third-order valence-electron chi connectivity index (χ3n) is 3.54. The second-order valence-corrected chi connectivity index (χ2v) is 5.79. The van der Waals surface area contributed by atoms with Crippen LogP contribution in [0.25, 0.3) is 0 Å². The van der Waals surface area contributed by atoms with Crippen molar-refractivity contribution < 1.29 is 9.53 Å². The van der Waals surface area contributed by atoms with E-state index >= 15 is 0 Å². The SMILES string of the molecule is C[C@@H]1[C@@H](C)OCCN1C(=O)Nc1cc(Br)c(=O)n(C)c1. The first kappa shape index (κ1) is 15.1. The molecule has 1 aromatic rings. The van der Waals surface area contributed by atoms with Crippen molar-refractivity contribution in [3.05, 3.63) is 27.1 Å². The first-order valence-electron chi connectivity index (χ1n) is 6.45. The standard InChI is InChI=1S/C13H18BrN3O3/c1-8-9(2)20-5-4-17(8)13(19)15-10-6-11(14)12(18)16(3)7-10/h6-9H,4-5H2,1-3H3,(H,15,19)/t8-,9-/m1/s1. The van der Waals surface area contributed by atoms with E-state index in [1.807, 2.05) is 13.8 Å². The number of amides is 2. The fraction of sp³-hybridized carbons (Fsp3) is 0.538. The third-order valence-corrected chi connectivity index (χ3v) is 4.10. The number of hydrogen-bond acceptors (Lipinski definition) is 3. The highest BCUT2D eigenvalue weighted by molar-refractivity contribution is 9.10. The largest absolute Gasteiger partial charge is 0.375 e. The Labute approximate surface area is 125 Å². The van der Waals surface area contributed by atoms with Gasteiger partial charge >= 0.3 is 6.03 Å². The number of hydrogen-bond donors (Lipinski definition) is 1. The maximum absolute atomic E-state index is 12.3. The van der Waals surface area contributed by atoms with Crippen molar-refractivity contribution in [2.45, 2.75) is 26.0 Å². The summed E-state index contributed by atoms with van der Waals surface area (Å²) >= 11 is 3.19. The van der Waals surface area contributed by atoms with Crippen molar-refractivity contribution in [3.63, 3.8) is 0 Å². The van der Waals surface area contributed by atoms with Gasteiger partial charge in [-0.25, -0.2) is 4.79 Å². The van der Waals surface area contributed by atoms with Gasteiger partial charge in [-0.3, -0.25) is 4.79 Å². The Morgan fingerprint density at radius 3 is 2.85 bits per heavy atom. The Hall–Kier alpha value is -1.34. The summed E-state index contributed by atoms with van der Waals surface area (Å²) in [6.07, 6.45) is 1.61. The average Bonchev–Trinajstić information content (AvgIpc) is 2.39. The van der Waals surface area contributed by atoms with Gasteiger partial charge in [0, 0.05) is 19.8 Å². The summed E-state index contributed by atoms with van der Waals surface area (Å²) < 4.78 is 7.34. The number of pyridine rings is 1. The van der Waals surface area contributed by atoms with E-state index in [-0.39, 0.29) is 23.7 Å². The monoisotopic (exact) mass is 343 g/mol. The lowest BCUT2D eigenvalue weighted by Crippen LogP contribution is -2.52. The second-order valence-electron chi connectivity index (χ2n) is 4.93. The van der Waals surface area contributed by atoms with Crippen molar-refractivity contribution in [1.82, 2.24) is 9.47 Å². The Balaban J connectivity index is 2.13. The first-order valence-corrected chi connectivity index (χ1v) is 7.25. The van der Waals surface area contributed by atoms with E-state index in [0.29, 0.717) is 23.3 Å². The van der Waals surface area contributed by atoms with Crippen molar-refractivity contribution in [2.75, 3.05) is 18.5 Å². The van der Waals surface area contributed by atoms with E-state index in [1.54, 1.807) is 24.2 Å². The van der Waals surface area contributed by atoms with Gasteiger partial charge in [0.05, 0.1) is 28.9 Å². The lowest BCUT2D eigenvalue weighted by atomic mass is 10.1. The zero-order valence-electron chi connectivity index (χ0n) is 11.7. The van der Waals surface area contributed by atoms with Crippen LogP contribution in [-0.2, 0) is 11.8 Å². The molecule has 0 saturated carbocycles. The molecular formula is C13H18BrN3O3. The molecule has 0 unspecified atom stereocenters. The number of carbonyl (C=O) groups excluding carboxylic acids is 1. The lowest BCUT2D eigenvalue weighted by Gasteiger charge is -2.37. The normalized spacial score (nSPS) is 22.7. The molecule has 1 fully saturated rings. The molecule has 1 N–H and O–H groups in total. The molecule has 110 valence electrons. The highest BCUT2D eigenvalue weighted by Gasteiger charge is 2.29. The molecule has 20 heavy (non-hydrogen) atoms. The van der Waals surface area contributed by atoms with Crippen LogP contribution in [0.3, 0.4) is 0 Å². The van der Waals surface area contributed by atoms with Crippen LogP contribution < -0.4 is 10.9 Å². The van der Waals surface area contributed by atoms with Crippen LogP contribution in [-0.4, -0.2) is 40.8 Å². The number of nitrogens with one attached hydrogen (secondary N) is 1. The highest BCUT2D eigenvalue weighted by atomic mass is 79.9. The van der Waals surface area contributed by atoms with Gasteiger partial charge in [-0.1, -0.05) is 0 Å². The van der Waals surface area contributed by atoms with Gasteiger partial charge in [-0.05, 0) is 35.8 Å². The van der Waals surface area contributed by atoms with E-state index < -0.39 is 0 Å². The van der Waals surface area contributed by atoms with Gasteiger partial charge in [0.15, 0.2) is 0 Å². The van der Waals surface area contributed by atoms with Crippen molar-refractivity contribution >= 4 is 27.6 Å². The smallest absolute Gasteiger partial charge is 0.322 e. The van der Waals surface area contributed by atoms with Gasteiger partial charge in [0.2, 0.25) is 0 Å². The van der Waals surface area contributed by atoms with Gasteiger partial charge in [-0.15, -0.1) is 0 Å². The zero-order valence-corrected chi connectivity index (χ0v) is 13.3. The molecule has 1 aromatic heterocycles. The minimum Gasteiger partial charge on any atom is -0.375 e. The number of morpholine rings is 1. The van der Waals surface area contributed by atoms with E-state index in [2.05, 4.69) is 21.2 Å². The summed E-state index contributed by atoms with van der Waals surface area (Å²) in [5.41, 5.74) is 0.437. The van der Waals surface area contributed by atoms with Crippen LogP contribution in [0.1, 0.15) is 13.8 Å². The van der Waals surface area contributed by atoms with Gasteiger partial charge in [0.1, 0.15) is 0 Å². The number of halogens is 1. The van der Waals surface area contributed by atoms with Crippen LogP contribution in [0.4, 0.5) is 10.5 Å². The zero-order chi connectivity index (χ0) is 14.9. The average molecular weight is 344 g/mol. The van der Waals surface area contributed by atoms with Gasteiger partial charge in [0.25, 0.3) is 5.56 Å². The minimum atomic E-state index is -0.182. The van der Waals surface area contributed by atoms with Crippen LogP contribution in [0.5, 0.6) is 0 Å². The minimum absolute atomic E-state index is 0.0136. The summed E-state index contributed by atoms with van der Waals surface area (Å²) in [6.45, 7) is 5.01. The molecule has 0 radical (unpaired) electrons. The number of aromatic nitrogens is 1. The summed E-state index contributed by atoms with van der Waals surface area (Å²) in [6, 6.07) is 1.44. The predicted octanol–water partition coefficient (Wildman–Crippen LogP) is 1.79. The maximum Gasteiger partial charge on any atom is 0.322 e. The van der Waals surface area contributed by atoms with E-state index in [0.717, 1.165) is 0 Å². The Bertz CT molecular complexity index is 546. The summed E-state index contributed by atoms with van der Waals surface area (Å²) in [7, 11) is 1.64. The Kier molecular flexibility index (Phi) is 4.49. The number of nitrogens with zero attached hydrogens (tertiary/aromatic N) is 2. The topological polar surface area (TPSA) is 63.6 Å². The highest BCUT2D eigenvalue weighted by Crippen LogP contribution is 2.16. The molecule has 0 aromatic carbocycles. The molecule has 6 nitrogen and oxygen atoms in total. The number of aryl methyl sites for hydroxylation is 1. The fourth-order valence-electron chi connectivity index (χ4n) is 2.15. The molecule has 0 aliphatic carbocycles. The molecule has 7 heteroatoms. The summed E-state index contributed by atoms with van der Waals surface area (Å²) in [5, 5.41) is 2.81. The Morgan fingerprint density at radius 1 is 1.50 bits per heavy atom. The van der Waals surface area contributed by atoms with E-state index in [1.165, 1.54) is 4.57 Å². The molecule has 1 aliphatic heterocycles. The number of ether oxygens (including phenoxy) is 1. The second kappa shape index (κ2) is 5.97. The predicted molar refractivity (Wildman–Crippen MR) is 80.0 cm³/mol. The van der Waals surface area contributed by atoms with Crippen molar-refractivity contribution in [3.8, 4) is 0 Å². The molecule has 1 aliphatic rings. The number of anilines is 1. The van der Waals surface area contributed by atoms with E-state index in [4.69, 9.17) is 4.74 Å². The van der Waals surface area contributed by atoms with Crippen LogP contribution in [0.15, 0.2) is 21.5 Å². The fourth-order valence-corrected chi connectivity index (χ4v) is 2.68. The van der Waals surface area contributed by atoms with Crippen LogP contribution >= 0.6 is 15.9 Å². The van der Waals surface area contributed by atoms with E-state index in [9.17, 15) is 9.59 Å². The van der Waals surface area contributed by atoms with Crippen molar-refractivity contribution in [1.29, 1.82) is 0 Å². The van der Waals surface area contributed by atoms with Gasteiger partial charge in [-0.2, -0.15) is 0 Å². The van der Waals surface area contributed by atoms with Gasteiger partial charge < -0.3 is 19.5 Å². The first-order chi connectivity index (χ1) is 9.40. The molecule has 0 bridgehead atoms. The third kappa shape index (κ3) is 3.04. The molecule has 1 saturated heterocycles. The molecule has 0 spiro atoms. The lowest BCUT2D eigenvalue weighted by molar-refractivity contribution is -0.0355. The summed E-state index contributed by atoms with van der Waals surface area (Å²) in [5.74, 6) is 0. The maximum atomic E-state index is 12.3. The molecule has 2 amide bonds. The number of urea groups is 1. The Morgan fingerprint density at radius 2 is 2.20 bits per heavy atom. The summed E-state index contributed by atoms with van der Waals surface area (Å²) in [4.78, 5) is 25.6. The number of carbonyl (C=O) groups is 1. The molecule has 2 rings (SSSR count). The van der Waals surface area contributed by atoms with Crippen LogP contribution in [0.2, 0.25) is 0 Å². The van der Waals surface area contributed by atoms with Crippen molar-refractivity contribution in [2.24, 2.45) is 7.05 Å². The van der Waals surface area contributed by atoms with Crippen LogP contribution in [0, 0.1) is 0 Å². The quantitative estimate of drug-likeness (QED) is 0.845. The number of rotatable bonds is 1. The molecule has 2 atom stereocenters. The molecular weight excluding hydrogens is 326 g/mol. The molecule has 2 heterocycles.